The first-order chi connectivity index (χ1) is 11.2. The third kappa shape index (κ3) is 5.36. The van der Waals surface area contributed by atoms with Gasteiger partial charge in [-0.2, -0.15) is 0 Å². The third-order valence-corrected chi connectivity index (χ3v) is 4.19. The van der Waals surface area contributed by atoms with E-state index in [-0.39, 0.29) is 5.91 Å². The number of carbonyl (C=O) groups is 1. The zero-order chi connectivity index (χ0) is 16.5. The second kappa shape index (κ2) is 9.30. The molecule has 0 bridgehead atoms. The number of carbonyl (C=O) groups excluding carboxylic acids is 1. The maximum absolute atomic E-state index is 12.1. The van der Waals surface area contributed by atoms with Gasteiger partial charge in [0.1, 0.15) is 0 Å². The molecular formula is C18H25N3OS. The van der Waals surface area contributed by atoms with Gasteiger partial charge in [0.15, 0.2) is 4.77 Å². The highest BCUT2D eigenvalue weighted by atomic mass is 32.1. The molecule has 0 radical (unpaired) electrons. The van der Waals surface area contributed by atoms with Gasteiger partial charge in [0.2, 0.25) is 0 Å². The second-order valence-corrected chi connectivity index (χ2v) is 6.09. The van der Waals surface area contributed by atoms with Crippen LogP contribution in [0.1, 0.15) is 55.8 Å². The number of H-pyrrole nitrogens is 1. The average Bonchev–Trinajstić information content (AvgIpc) is 3.00. The predicted molar refractivity (Wildman–Crippen MR) is 96.7 cm³/mol. The van der Waals surface area contributed by atoms with E-state index in [2.05, 4.69) is 17.2 Å². The molecule has 1 aromatic heterocycles. The molecule has 124 valence electrons. The molecule has 0 saturated heterocycles. The van der Waals surface area contributed by atoms with E-state index < -0.39 is 0 Å². The van der Waals surface area contributed by atoms with E-state index in [1.807, 2.05) is 35.0 Å². The lowest BCUT2D eigenvalue weighted by molar-refractivity contribution is 0.0953. The molecule has 0 fully saturated rings. The molecule has 2 rings (SSSR count). The summed E-state index contributed by atoms with van der Waals surface area (Å²) in [5.41, 5.74) is 1.63. The average molecular weight is 331 g/mol. The number of aromatic amines is 1. The maximum atomic E-state index is 12.1. The molecule has 0 aliphatic heterocycles. The molecule has 0 unspecified atom stereocenters. The zero-order valence-corrected chi connectivity index (χ0v) is 14.5. The zero-order valence-electron chi connectivity index (χ0n) is 13.7. The summed E-state index contributed by atoms with van der Waals surface area (Å²) in [4.78, 5) is 15.1. The van der Waals surface area contributed by atoms with Crippen LogP contribution in [0.15, 0.2) is 36.7 Å². The van der Waals surface area contributed by atoms with Crippen LogP contribution in [-0.4, -0.2) is 22.0 Å². The van der Waals surface area contributed by atoms with Crippen LogP contribution in [0.2, 0.25) is 0 Å². The molecule has 0 aliphatic carbocycles. The van der Waals surface area contributed by atoms with Crippen molar-refractivity contribution in [2.24, 2.45) is 0 Å². The van der Waals surface area contributed by atoms with Crippen molar-refractivity contribution in [1.82, 2.24) is 14.9 Å². The van der Waals surface area contributed by atoms with Gasteiger partial charge < -0.3 is 10.3 Å². The summed E-state index contributed by atoms with van der Waals surface area (Å²) in [5.74, 6) is -0.0113. The van der Waals surface area contributed by atoms with Gasteiger partial charge in [-0.05, 0) is 42.9 Å². The van der Waals surface area contributed by atoms with Crippen molar-refractivity contribution in [3.05, 3.63) is 47.0 Å². The van der Waals surface area contributed by atoms with Crippen molar-refractivity contribution >= 4 is 18.1 Å². The standard InChI is InChI=1S/C18H25N3OS/c1-2-3-4-5-6-7-12-19-17(22)15-8-10-16(11-9-15)21-14-13-20-18(21)23/h8-11,13-14H,2-7,12H2,1H3,(H,19,22)(H,20,23). The molecule has 2 N–H and O–H groups in total. The number of hydrogen-bond donors (Lipinski definition) is 2. The Morgan fingerprint density at radius 1 is 1.13 bits per heavy atom. The van der Waals surface area contributed by atoms with E-state index in [1.54, 1.807) is 6.20 Å². The Labute approximate surface area is 142 Å². The van der Waals surface area contributed by atoms with E-state index in [0.29, 0.717) is 10.3 Å². The molecule has 1 amide bonds. The molecule has 0 aliphatic rings. The van der Waals surface area contributed by atoms with Gasteiger partial charge in [-0.1, -0.05) is 39.0 Å². The van der Waals surface area contributed by atoms with Crippen molar-refractivity contribution < 1.29 is 4.79 Å². The number of nitrogens with zero attached hydrogens (tertiary/aromatic N) is 1. The highest BCUT2D eigenvalue weighted by molar-refractivity contribution is 7.71. The Morgan fingerprint density at radius 3 is 2.48 bits per heavy atom. The van der Waals surface area contributed by atoms with Crippen LogP contribution in [0.5, 0.6) is 0 Å². The minimum absolute atomic E-state index is 0.0113. The topological polar surface area (TPSA) is 49.8 Å². The van der Waals surface area contributed by atoms with Gasteiger partial charge in [-0.25, -0.2) is 0 Å². The van der Waals surface area contributed by atoms with Crippen molar-refractivity contribution in [2.45, 2.75) is 45.4 Å². The lowest BCUT2D eigenvalue weighted by Crippen LogP contribution is -2.24. The second-order valence-electron chi connectivity index (χ2n) is 5.71. The normalized spacial score (nSPS) is 10.7. The quantitative estimate of drug-likeness (QED) is 0.520. The van der Waals surface area contributed by atoms with Crippen molar-refractivity contribution in [3.8, 4) is 5.69 Å². The fourth-order valence-electron chi connectivity index (χ4n) is 2.51. The first-order valence-electron chi connectivity index (χ1n) is 8.37. The number of benzene rings is 1. The Kier molecular flexibility index (Phi) is 7.07. The monoisotopic (exact) mass is 331 g/mol. The van der Waals surface area contributed by atoms with Crippen molar-refractivity contribution in [1.29, 1.82) is 0 Å². The summed E-state index contributed by atoms with van der Waals surface area (Å²) >= 11 is 5.19. The largest absolute Gasteiger partial charge is 0.352 e. The van der Waals surface area contributed by atoms with E-state index in [9.17, 15) is 4.79 Å². The maximum Gasteiger partial charge on any atom is 0.251 e. The van der Waals surface area contributed by atoms with Gasteiger partial charge in [0.05, 0.1) is 0 Å². The van der Waals surface area contributed by atoms with Crippen LogP contribution in [0.25, 0.3) is 5.69 Å². The molecule has 2 aromatic rings. The van der Waals surface area contributed by atoms with Crippen LogP contribution in [0.4, 0.5) is 0 Å². The van der Waals surface area contributed by atoms with Crippen LogP contribution >= 0.6 is 12.2 Å². The fourth-order valence-corrected chi connectivity index (χ4v) is 2.74. The molecule has 1 aromatic carbocycles. The number of amides is 1. The van der Waals surface area contributed by atoms with Crippen LogP contribution < -0.4 is 5.32 Å². The number of nitrogens with one attached hydrogen (secondary N) is 2. The van der Waals surface area contributed by atoms with E-state index >= 15 is 0 Å². The molecule has 5 heteroatoms. The lowest BCUT2D eigenvalue weighted by Gasteiger charge is -2.07. The Balaban J connectivity index is 1.77. The first-order valence-corrected chi connectivity index (χ1v) is 8.78. The van der Waals surface area contributed by atoms with Gasteiger partial charge >= 0.3 is 0 Å². The molecular weight excluding hydrogens is 306 g/mol. The number of imidazole rings is 1. The highest BCUT2D eigenvalue weighted by Gasteiger charge is 2.05. The molecule has 0 saturated carbocycles. The molecule has 0 atom stereocenters. The minimum Gasteiger partial charge on any atom is -0.352 e. The number of rotatable bonds is 9. The molecule has 4 nitrogen and oxygen atoms in total. The predicted octanol–water partition coefficient (Wildman–Crippen LogP) is 4.63. The van der Waals surface area contributed by atoms with E-state index in [1.165, 1.54) is 32.1 Å². The SMILES string of the molecule is CCCCCCCCNC(=O)c1ccc(-n2cc[nH]c2=S)cc1. The fraction of sp³-hybridized carbons (Fsp3) is 0.444. The van der Waals surface area contributed by atoms with Gasteiger partial charge in [-0.3, -0.25) is 9.36 Å². The Hall–Kier alpha value is -1.88. The summed E-state index contributed by atoms with van der Waals surface area (Å²) < 4.78 is 2.51. The number of aromatic nitrogens is 2. The third-order valence-electron chi connectivity index (χ3n) is 3.87. The van der Waals surface area contributed by atoms with Gasteiger partial charge in [0.25, 0.3) is 5.91 Å². The van der Waals surface area contributed by atoms with E-state index in [4.69, 9.17) is 12.2 Å². The highest BCUT2D eigenvalue weighted by Crippen LogP contribution is 2.10. The summed E-state index contributed by atoms with van der Waals surface area (Å²) in [6.45, 7) is 2.96. The smallest absolute Gasteiger partial charge is 0.251 e. The summed E-state index contributed by atoms with van der Waals surface area (Å²) in [5, 5.41) is 2.98. The van der Waals surface area contributed by atoms with Crippen LogP contribution in [0, 0.1) is 4.77 Å². The van der Waals surface area contributed by atoms with Gasteiger partial charge in [0, 0.05) is 30.2 Å². The summed E-state index contributed by atoms with van der Waals surface area (Å²) in [6.07, 6.45) is 11.0. The minimum atomic E-state index is -0.0113. The Morgan fingerprint density at radius 2 is 1.83 bits per heavy atom. The molecule has 23 heavy (non-hydrogen) atoms. The van der Waals surface area contributed by atoms with E-state index in [0.717, 1.165) is 18.7 Å². The molecule has 1 heterocycles. The Bertz CT molecular complexity index is 657. The van der Waals surface area contributed by atoms with Crippen LogP contribution in [0.3, 0.4) is 0 Å². The summed E-state index contributed by atoms with van der Waals surface area (Å²) in [6, 6.07) is 7.48. The van der Waals surface area contributed by atoms with Crippen LogP contribution in [-0.2, 0) is 0 Å². The number of unbranched alkanes of at least 4 members (excludes halogenated alkanes) is 5. The lowest BCUT2D eigenvalue weighted by atomic mass is 10.1. The van der Waals surface area contributed by atoms with Crippen molar-refractivity contribution in [2.75, 3.05) is 6.54 Å². The summed E-state index contributed by atoms with van der Waals surface area (Å²) in [7, 11) is 0. The van der Waals surface area contributed by atoms with Gasteiger partial charge in [-0.15, -0.1) is 0 Å². The number of hydrogen-bond acceptors (Lipinski definition) is 2. The first kappa shape index (κ1) is 17.5. The van der Waals surface area contributed by atoms with Crippen molar-refractivity contribution in [3.63, 3.8) is 0 Å². The molecule has 0 spiro atoms.